The smallest absolute Gasteiger partial charge is 0.229 e. The van der Waals surface area contributed by atoms with Gasteiger partial charge in [-0.1, -0.05) is 17.7 Å². The molecular weight excluding hydrogens is 340 g/mol. The van der Waals surface area contributed by atoms with E-state index in [0.717, 1.165) is 36.7 Å². The molecule has 1 amide bonds. The average molecular weight is 362 g/mol. The summed E-state index contributed by atoms with van der Waals surface area (Å²) in [5, 5.41) is 7.24. The van der Waals surface area contributed by atoms with Crippen molar-refractivity contribution >= 4 is 17.4 Å². The second-order valence-electron chi connectivity index (χ2n) is 6.83. The van der Waals surface area contributed by atoms with Crippen molar-refractivity contribution in [2.45, 2.75) is 19.8 Å². The number of aromatic nitrogens is 4. The predicted octanol–water partition coefficient (Wildman–Crippen LogP) is 2.83. The lowest BCUT2D eigenvalue weighted by Gasteiger charge is -2.32. The van der Waals surface area contributed by atoms with E-state index in [9.17, 15) is 4.79 Å². The summed E-state index contributed by atoms with van der Waals surface area (Å²) in [7, 11) is 0. The number of piperidine rings is 1. The Morgan fingerprint density at radius 1 is 1.19 bits per heavy atom. The Bertz CT molecular complexity index is 906. The predicted molar refractivity (Wildman–Crippen MR) is 104 cm³/mol. The zero-order valence-electron chi connectivity index (χ0n) is 15.2. The summed E-state index contributed by atoms with van der Waals surface area (Å²) < 4.78 is 1.71. The minimum Gasteiger partial charge on any atom is -0.356 e. The minimum absolute atomic E-state index is 0.0601. The molecule has 0 spiro atoms. The normalized spacial score (nSPS) is 16.9. The highest BCUT2D eigenvalue weighted by Gasteiger charge is 2.27. The first-order valence-corrected chi connectivity index (χ1v) is 9.13. The van der Waals surface area contributed by atoms with E-state index in [1.807, 2.05) is 49.5 Å². The molecule has 1 fully saturated rings. The highest BCUT2D eigenvalue weighted by molar-refractivity contribution is 5.93. The second kappa shape index (κ2) is 7.57. The van der Waals surface area contributed by atoms with Crippen molar-refractivity contribution < 1.29 is 4.79 Å². The number of hydrogen-bond acceptors (Lipinski definition) is 5. The van der Waals surface area contributed by atoms with Crippen molar-refractivity contribution in [1.82, 2.24) is 19.7 Å². The molecule has 4 rings (SSSR count). The molecule has 0 saturated carbocycles. The standard InChI is InChI=1S/C20H22N6O/c1-15-5-7-17(8-6-15)24-20(27)16-4-2-10-25(13-16)18-12-19(22-14-21-18)26-11-3-9-23-26/h3,5-9,11-12,14,16H,2,4,10,13H2,1H3,(H,24,27). The lowest BCUT2D eigenvalue weighted by atomic mass is 9.97. The molecule has 27 heavy (non-hydrogen) atoms. The number of carbonyl (C=O) groups excluding carboxylic acids is 1. The van der Waals surface area contributed by atoms with Gasteiger partial charge in [-0.3, -0.25) is 4.79 Å². The van der Waals surface area contributed by atoms with Gasteiger partial charge in [-0.05, 0) is 38.0 Å². The summed E-state index contributed by atoms with van der Waals surface area (Å²) in [4.78, 5) is 23.5. The summed E-state index contributed by atoms with van der Waals surface area (Å²) >= 11 is 0. The Labute approximate surface area is 158 Å². The van der Waals surface area contributed by atoms with Crippen molar-refractivity contribution in [3.8, 4) is 5.82 Å². The number of carbonyl (C=O) groups is 1. The Morgan fingerprint density at radius 2 is 2.00 bits per heavy atom. The lowest BCUT2D eigenvalue weighted by Crippen LogP contribution is -2.41. The summed E-state index contributed by atoms with van der Waals surface area (Å²) in [6, 6.07) is 11.6. The van der Waals surface area contributed by atoms with Crippen LogP contribution in [0.3, 0.4) is 0 Å². The zero-order valence-corrected chi connectivity index (χ0v) is 15.2. The largest absolute Gasteiger partial charge is 0.356 e. The van der Waals surface area contributed by atoms with Gasteiger partial charge in [0.25, 0.3) is 0 Å². The quantitative estimate of drug-likeness (QED) is 0.772. The summed E-state index contributed by atoms with van der Waals surface area (Å²) in [5.41, 5.74) is 2.01. The maximum atomic E-state index is 12.7. The molecule has 1 atom stereocenters. The highest BCUT2D eigenvalue weighted by atomic mass is 16.1. The van der Waals surface area contributed by atoms with Crippen LogP contribution in [0.1, 0.15) is 18.4 Å². The van der Waals surface area contributed by atoms with Crippen molar-refractivity contribution in [2.24, 2.45) is 5.92 Å². The van der Waals surface area contributed by atoms with Gasteiger partial charge in [0.05, 0.1) is 5.92 Å². The number of nitrogens with one attached hydrogen (secondary N) is 1. The Kier molecular flexibility index (Phi) is 4.82. The topological polar surface area (TPSA) is 75.9 Å². The first-order valence-electron chi connectivity index (χ1n) is 9.13. The molecule has 0 aliphatic carbocycles. The molecule has 1 saturated heterocycles. The molecule has 7 nitrogen and oxygen atoms in total. The second-order valence-corrected chi connectivity index (χ2v) is 6.83. The fourth-order valence-corrected chi connectivity index (χ4v) is 3.32. The number of nitrogens with zero attached hydrogens (tertiary/aromatic N) is 5. The molecule has 1 aliphatic rings. The molecular formula is C20H22N6O. The van der Waals surface area contributed by atoms with Crippen molar-refractivity contribution in [3.05, 3.63) is 60.7 Å². The molecule has 1 aliphatic heterocycles. The van der Waals surface area contributed by atoms with Crippen LogP contribution in [-0.4, -0.2) is 38.7 Å². The number of benzene rings is 1. The summed E-state index contributed by atoms with van der Waals surface area (Å²) in [6.07, 6.45) is 6.94. The van der Waals surface area contributed by atoms with Crippen molar-refractivity contribution in [1.29, 1.82) is 0 Å². The van der Waals surface area contributed by atoms with E-state index < -0.39 is 0 Å². The lowest BCUT2D eigenvalue weighted by molar-refractivity contribution is -0.120. The van der Waals surface area contributed by atoms with Gasteiger partial charge in [-0.25, -0.2) is 14.6 Å². The van der Waals surface area contributed by atoms with Crippen LogP contribution >= 0.6 is 0 Å². The third-order valence-electron chi connectivity index (χ3n) is 4.81. The molecule has 138 valence electrons. The van der Waals surface area contributed by atoms with Crippen LogP contribution in [0.4, 0.5) is 11.5 Å². The molecule has 1 N–H and O–H groups in total. The van der Waals surface area contributed by atoms with Crippen LogP contribution in [-0.2, 0) is 4.79 Å². The van der Waals surface area contributed by atoms with E-state index in [2.05, 4.69) is 25.3 Å². The van der Waals surface area contributed by atoms with Gasteiger partial charge in [0.1, 0.15) is 12.1 Å². The number of hydrogen-bond donors (Lipinski definition) is 1. The number of rotatable bonds is 4. The molecule has 7 heteroatoms. The minimum atomic E-state index is -0.0665. The van der Waals surface area contributed by atoms with E-state index in [0.29, 0.717) is 6.54 Å². The fraction of sp³-hybridized carbons (Fsp3) is 0.300. The molecule has 1 unspecified atom stereocenters. The van der Waals surface area contributed by atoms with Crippen LogP contribution < -0.4 is 10.2 Å². The third kappa shape index (κ3) is 3.97. The summed E-state index contributed by atoms with van der Waals surface area (Å²) in [5.74, 6) is 1.53. The molecule has 2 aromatic heterocycles. The average Bonchev–Trinajstić information content (AvgIpc) is 3.25. The van der Waals surface area contributed by atoms with Crippen molar-refractivity contribution in [2.75, 3.05) is 23.3 Å². The molecule has 0 bridgehead atoms. The Balaban J connectivity index is 1.45. The van der Waals surface area contributed by atoms with E-state index in [1.54, 1.807) is 17.2 Å². The number of aryl methyl sites for hydroxylation is 1. The van der Waals surface area contributed by atoms with Crippen LogP contribution in [0.15, 0.2) is 55.1 Å². The Hall–Kier alpha value is -3.22. The molecule has 0 radical (unpaired) electrons. The SMILES string of the molecule is Cc1ccc(NC(=O)C2CCCN(c3cc(-n4cccn4)ncn3)C2)cc1. The van der Waals surface area contributed by atoms with Crippen LogP contribution in [0, 0.1) is 12.8 Å². The molecule has 3 aromatic rings. The van der Waals surface area contributed by atoms with E-state index in [1.165, 1.54) is 5.56 Å². The van der Waals surface area contributed by atoms with Gasteiger partial charge in [0, 0.05) is 37.2 Å². The fourth-order valence-electron chi connectivity index (χ4n) is 3.32. The highest BCUT2D eigenvalue weighted by Crippen LogP contribution is 2.23. The third-order valence-corrected chi connectivity index (χ3v) is 4.81. The van der Waals surface area contributed by atoms with Crippen LogP contribution in [0.2, 0.25) is 0 Å². The number of anilines is 2. The van der Waals surface area contributed by atoms with E-state index in [-0.39, 0.29) is 11.8 Å². The van der Waals surface area contributed by atoms with Gasteiger partial charge in [-0.15, -0.1) is 0 Å². The van der Waals surface area contributed by atoms with Crippen LogP contribution in [0.5, 0.6) is 0 Å². The van der Waals surface area contributed by atoms with E-state index in [4.69, 9.17) is 0 Å². The van der Waals surface area contributed by atoms with Crippen molar-refractivity contribution in [3.63, 3.8) is 0 Å². The van der Waals surface area contributed by atoms with Crippen LogP contribution in [0.25, 0.3) is 5.82 Å². The maximum Gasteiger partial charge on any atom is 0.229 e. The maximum absolute atomic E-state index is 12.7. The molecule has 3 heterocycles. The Morgan fingerprint density at radius 3 is 2.78 bits per heavy atom. The van der Waals surface area contributed by atoms with Gasteiger partial charge < -0.3 is 10.2 Å². The first kappa shape index (κ1) is 17.2. The van der Waals surface area contributed by atoms with Gasteiger partial charge in [0.15, 0.2) is 5.82 Å². The zero-order chi connectivity index (χ0) is 18.6. The molecule has 1 aromatic carbocycles. The van der Waals surface area contributed by atoms with Gasteiger partial charge in [0.2, 0.25) is 5.91 Å². The van der Waals surface area contributed by atoms with Gasteiger partial charge >= 0.3 is 0 Å². The number of amides is 1. The van der Waals surface area contributed by atoms with E-state index >= 15 is 0 Å². The van der Waals surface area contributed by atoms with Gasteiger partial charge in [-0.2, -0.15) is 5.10 Å². The summed E-state index contributed by atoms with van der Waals surface area (Å²) in [6.45, 7) is 3.56. The first-order chi connectivity index (χ1) is 13.2. The monoisotopic (exact) mass is 362 g/mol.